The van der Waals surface area contributed by atoms with E-state index in [2.05, 4.69) is 15.6 Å². The Morgan fingerprint density at radius 1 is 1.12 bits per heavy atom. The number of carbonyl (C=O) groups excluding carboxylic acids is 2. The van der Waals surface area contributed by atoms with E-state index in [1.54, 1.807) is 6.92 Å². The Bertz CT molecular complexity index is 1630. The minimum atomic E-state index is -1.24. The molecule has 2 aromatic carbocycles. The van der Waals surface area contributed by atoms with Gasteiger partial charge in [-0.25, -0.2) is 4.39 Å². The van der Waals surface area contributed by atoms with Crippen molar-refractivity contribution in [2.24, 2.45) is 5.92 Å². The smallest absolute Gasteiger partial charge is 0.312 e. The molecule has 13 heteroatoms. The Labute approximate surface area is 249 Å². The van der Waals surface area contributed by atoms with E-state index in [4.69, 9.17) is 22.4 Å². The van der Waals surface area contributed by atoms with E-state index in [0.717, 1.165) is 23.0 Å². The fourth-order valence-electron chi connectivity index (χ4n) is 3.79. The number of thiophene rings is 1. The van der Waals surface area contributed by atoms with Crippen LogP contribution in [0.4, 0.5) is 10.1 Å². The lowest BCUT2D eigenvalue weighted by molar-refractivity contribution is -0.139. The van der Waals surface area contributed by atoms with Crippen LogP contribution >= 0.6 is 36.0 Å². The van der Waals surface area contributed by atoms with Crippen LogP contribution in [0.1, 0.15) is 28.6 Å². The van der Waals surface area contributed by atoms with Gasteiger partial charge in [0, 0.05) is 24.0 Å². The number of carbonyl (C=O) groups is 3. The zero-order valence-corrected chi connectivity index (χ0v) is 23.9. The summed E-state index contributed by atoms with van der Waals surface area (Å²) in [5, 5.41) is 22.7. The number of ether oxygens (including phenoxy) is 1. The second-order valence-electron chi connectivity index (χ2n) is 8.59. The topological polar surface area (TPSA) is 141 Å². The van der Waals surface area contributed by atoms with Gasteiger partial charge in [0.2, 0.25) is 11.7 Å². The SMILES string of the molecule is CC[C@@H](C(=N)C(=O)c1cc2nccc(Oc3ccc(NC(=S)NC(=O)Cc4ccccc4)cc3F)c2s1)C(=O)O.Cl. The number of carboxylic acids is 1. The minimum absolute atomic E-state index is 0. The summed E-state index contributed by atoms with van der Waals surface area (Å²) in [7, 11) is 0. The second kappa shape index (κ2) is 13.9. The number of pyridine rings is 1. The maximum absolute atomic E-state index is 14.9. The highest BCUT2D eigenvalue weighted by molar-refractivity contribution is 7.80. The Morgan fingerprint density at radius 2 is 1.85 bits per heavy atom. The summed E-state index contributed by atoms with van der Waals surface area (Å²) in [5.74, 6) is -4.08. The molecule has 212 valence electrons. The molecule has 0 radical (unpaired) electrons. The molecule has 41 heavy (non-hydrogen) atoms. The summed E-state index contributed by atoms with van der Waals surface area (Å²) in [6.07, 6.45) is 1.67. The van der Waals surface area contributed by atoms with Gasteiger partial charge in [0.15, 0.2) is 16.7 Å². The van der Waals surface area contributed by atoms with Gasteiger partial charge in [0.1, 0.15) is 11.7 Å². The average Bonchev–Trinajstić information content (AvgIpc) is 3.35. The third-order valence-electron chi connectivity index (χ3n) is 5.77. The van der Waals surface area contributed by atoms with Crippen LogP contribution in [0.5, 0.6) is 11.5 Å². The van der Waals surface area contributed by atoms with Gasteiger partial charge in [0.05, 0.1) is 27.2 Å². The molecule has 0 bridgehead atoms. The van der Waals surface area contributed by atoms with Crippen LogP contribution in [0.25, 0.3) is 10.2 Å². The largest absolute Gasteiger partial charge is 0.481 e. The fourth-order valence-corrected chi connectivity index (χ4v) is 5.05. The van der Waals surface area contributed by atoms with Crippen LogP contribution < -0.4 is 15.4 Å². The molecule has 0 fully saturated rings. The molecule has 0 aliphatic heterocycles. The van der Waals surface area contributed by atoms with Crippen molar-refractivity contribution < 1.29 is 28.6 Å². The number of benzene rings is 2. The minimum Gasteiger partial charge on any atom is -0.481 e. The molecular weight excluding hydrogens is 591 g/mol. The van der Waals surface area contributed by atoms with Crippen LogP contribution in [-0.2, 0) is 16.0 Å². The molecule has 4 rings (SSSR count). The van der Waals surface area contributed by atoms with E-state index in [0.29, 0.717) is 15.9 Å². The first-order valence-corrected chi connectivity index (χ1v) is 13.3. The highest BCUT2D eigenvalue weighted by Gasteiger charge is 2.28. The van der Waals surface area contributed by atoms with Gasteiger partial charge in [-0.1, -0.05) is 37.3 Å². The van der Waals surface area contributed by atoms with E-state index < -0.39 is 29.2 Å². The number of Topliss-reactive ketones (excluding diaryl/α,β-unsaturated/α-hetero) is 1. The van der Waals surface area contributed by atoms with Gasteiger partial charge >= 0.3 is 5.97 Å². The molecule has 2 heterocycles. The predicted molar refractivity (Wildman–Crippen MR) is 161 cm³/mol. The van der Waals surface area contributed by atoms with Gasteiger partial charge in [-0.15, -0.1) is 23.7 Å². The molecule has 1 amide bonds. The van der Waals surface area contributed by atoms with Crippen molar-refractivity contribution in [3.8, 4) is 11.5 Å². The van der Waals surface area contributed by atoms with Crippen molar-refractivity contribution in [2.45, 2.75) is 19.8 Å². The van der Waals surface area contributed by atoms with Gasteiger partial charge < -0.3 is 25.9 Å². The molecule has 1 atom stereocenters. The summed E-state index contributed by atoms with van der Waals surface area (Å²) in [4.78, 5) is 40.7. The van der Waals surface area contributed by atoms with Gasteiger partial charge in [-0.3, -0.25) is 19.4 Å². The van der Waals surface area contributed by atoms with E-state index in [9.17, 15) is 23.9 Å². The first-order valence-electron chi connectivity index (χ1n) is 12.0. The van der Waals surface area contributed by atoms with Crippen LogP contribution in [0, 0.1) is 17.1 Å². The summed E-state index contributed by atoms with van der Waals surface area (Å²) in [6, 6.07) is 16.2. The van der Waals surface area contributed by atoms with Crippen LogP contribution in [0.15, 0.2) is 66.9 Å². The molecule has 9 nitrogen and oxygen atoms in total. The average molecular weight is 615 g/mol. The zero-order chi connectivity index (χ0) is 28.8. The molecule has 0 aliphatic rings. The van der Waals surface area contributed by atoms with Gasteiger partial charge in [-0.2, -0.15) is 0 Å². The number of hydrogen-bond acceptors (Lipinski definition) is 8. The van der Waals surface area contributed by atoms with E-state index in [1.807, 2.05) is 30.3 Å². The summed E-state index contributed by atoms with van der Waals surface area (Å²) < 4.78 is 21.1. The van der Waals surface area contributed by atoms with Crippen LogP contribution in [0.2, 0.25) is 0 Å². The summed E-state index contributed by atoms with van der Waals surface area (Å²) in [6.45, 7) is 1.59. The van der Waals surface area contributed by atoms with Crippen molar-refractivity contribution in [2.75, 3.05) is 5.32 Å². The number of nitrogens with zero attached hydrogens (tertiary/aromatic N) is 1. The Balaban J connectivity index is 0.00000462. The quantitative estimate of drug-likeness (QED) is 0.0965. The molecule has 2 aromatic heterocycles. The van der Waals surface area contributed by atoms with Gasteiger partial charge in [0.25, 0.3) is 0 Å². The summed E-state index contributed by atoms with van der Waals surface area (Å²) in [5.41, 5.74) is 0.984. The molecule has 0 unspecified atom stereocenters. The second-order valence-corrected chi connectivity index (χ2v) is 10.0. The number of amides is 1. The number of ketones is 1. The fraction of sp³-hybridized carbons (Fsp3) is 0.143. The first-order chi connectivity index (χ1) is 19.2. The zero-order valence-electron chi connectivity index (χ0n) is 21.5. The number of carboxylic acid groups (broad SMARTS) is 1. The lowest BCUT2D eigenvalue weighted by atomic mass is 9.97. The third kappa shape index (κ3) is 7.69. The number of hydrogen-bond donors (Lipinski definition) is 4. The van der Waals surface area contributed by atoms with Crippen LogP contribution in [-0.4, -0.2) is 38.6 Å². The van der Waals surface area contributed by atoms with E-state index in [1.165, 1.54) is 30.5 Å². The van der Waals surface area contributed by atoms with E-state index in [-0.39, 0.29) is 52.6 Å². The number of fused-ring (bicyclic) bond motifs is 1. The molecule has 4 aromatic rings. The van der Waals surface area contributed by atoms with Crippen molar-refractivity contribution >= 4 is 80.3 Å². The van der Waals surface area contributed by atoms with Crippen LogP contribution in [0.3, 0.4) is 0 Å². The number of aromatic nitrogens is 1. The molecule has 0 aliphatic carbocycles. The molecule has 0 saturated carbocycles. The number of aliphatic carboxylic acids is 1. The Kier molecular flexibility index (Phi) is 10.6. The first kappa shape index (κ1) is 31.3. The molecule has 0 spiro atoms. The number of thiocarbonyl (C=S) groups is 1. The van der Waals surface area contributed by atoms with Crippen molar-refractivity contribution in [1.29, 1.82) is 5.41 Å². The maximum atomic E-state index is 14.9. The summed E-state index contributed by atoms with van der Waals surface area (Å²) >= 11 is 6.14. The highest BCUT2D eigenvalue weighted by Crippen LogP contribution is 2.36. The van der Waals surface area contributed by atoms with Crippen molar-refractivity contribution in [3.63, 3.8) is 0 Å². The van der Waals surface area contributed by atoms with E-state index >= 15 is 0 Å². The monoisotopic (exact) mass is 614 g/mol. The lowest BCUT2D eigenvalue weighted by Crippen LogP contribution is -2.35. The predicted octanol–water partition coefficient (Wildman–Crippen LogP) is 6.02. The van der Waals surface area contributed by atoms with Crippen molar-refractivity contribution in [3.05, 3.63) is 83.1 Å². The van der Waals surface area contributed by atoms with Gasteiger partial charge in [-0.05, 0) is 42.4 Å². The Hall–Kier alpha value is -4.26. The number of rotatable bonds is 10. The Morgan fingerprint density at radius 3 is 2.51 bits per heavy atom. The molecule has 0 saturated heterocycles. The third-order valence-corrected chi connectivity index (χ3v) is 7.11. The normalized spacial score (nSPS) is 11.2. The van der Waals surface area contributed by atoms with Crippen molar-refractivity contribution in [1.82, 2.24) is 10.3 Å². The lowest BCUT2D eigenvalue weighted by Gasteiger charge is -2.12. The molecule has 4 N–H and O–H groups in total. The number of halogens is 2. The maximum Gasteiger partial charge on any atom is 0.312 e. The molecular formula is C28H24ClFN4O5S2. The number of anilines is 1. The number of nitrogens with one attached hydrogen (secondary N) is 3. The standard InChI is InChI=1S/C28H23FN4O5S2.ClH/c1-2-17(27(36)37)24(30)25(35)22-14-19-26(40-22)21(10-11-31-19)38-20-9-8-16(13-18(20)29)32-28(39)33-23(34)12-15-6-4-3-5-7-15;/h3-11,13-14,17,30H,2,12H2,1H3,(H,36,37)(H2,32,33,34,39);1H/t17-;/m0./s1. The highest BCUT2D eigenvalue weighted by atomic mass is 35.5.